The van der Waals surface area contributed by atoms with Crippen molar-refractivity contribution in [3.8, 4) is 11.1 Å². The number of alkyl halides is 3. The Kier molecular flexibility index (Phi) is 2.89. The number of hydrogen-bond donors (Lipinski definition) is 0. The van der Waals surface area contributed by atoms with Gasteiger partial charge in [0.15, 0.2) is 0 Å². The number of rotatable bonds is 1. The van der Waals surface area contributed by atoms with Gasteiger partial charge in [-0.25, -0.2) is 0 Å². The molecule has 1 aliphatic carbocycles. The first-order valence-corrected chi connectivity index (χ1v) is 6.26. The Bertz CT molecular complexity index is 699. The average Bonchev–Trinajstić information content (AvgIpc) is 2.75. The van der Waals surface area contributed by atoms with Crippen molar-refractivity contribution in [1.82, 2.24) is 0 Å². The molecule has 0 N–H and O–H groups in total. The van der Waals surface area contributed by atoms with Crippen LogP contribution in [0.4, 0.5) is 13.2 Å². The number of hydrogen-bond acceptors (Lipinski definition) is 1. The molecule has 3 rings (SSSR count). The summed E-state index contributed by atoms with van der Waals surface area (Å²) >= 11 is 0. The van der Waals surface area contributed by atoms with E-state index in [1.807, 2.05) is 24.3 Å². The Morgan fingerprint density at radius 1 is 1.00 bits per heavy atom. The lowest BCUT2D eigenvalue weighted by molar-refractivity contribution is -0.0581. The highest BCUT2D eigenvalue weighted by Gasteiger charge is 2.36. The monoisotopic (exact) mass is 275 g/mol. The maximum atomic E-state index is 12.9. The highest BCUT2D eigenvalue weighted by atomic mass is 19.4. The zero-order chi connectivity index (χ0) is 14.3. The molecule has 20 heavy (non-hydrogen) atoms. The van der Waals surface area contributed by atoms with Crippen LogP contribution in [-0.4, -0.2) is 18.9 Å². The van der Waals surface area contributed by atoms with Crippen LogP contribution in [0.15, 0.2) is 47.5 Å². The van der Waals surface area contributed by atoms with Gasteiger partial charge in [0, 0.05) is 12.6 Å². The van der Waals surface area contributed by atoms with E-state index in [1.54, 1.807) is 12.1 Å². The van der Waals surface area contributed by atoms with E-state index < -0.39 is 11.9 Å². The van der Waals surface area contributed by atoms with Gasteiger partial charge in [0.25, 0.3) is 0 Å². The average molecular weight is 275 g/mol. The van der Waals surface area contributed by atoms with Crippen molar-refractivity contribution in [2.75, 3.05) is 7.05 Å². The number of halogens is 3. The van der Waals surface area contributed by atoms with Crippen molar-refractivity contribution in [2.45, 2.75) is 12.6 Å². The molecular formula is C16H12F3N. The maximum absolute atomic E-state index is 12.9. The summed E-state index contributed by atoms with van der Waals surface area (Å²) in [7, 11) is 1.17. The highest BCUT2D eigenvalue weighted by molar-refractivity contribution is 6.05. The molecule has 2 aromatic rings. The first-order chi connectivity index (χ1) is 9.50. The molecule has 0 aliphatic heterocycles. The van der Waals surface area contributed by atoms with Crippen molar-refractivity contribution < 1.29 is 13.2 Å². The highest BCUT2D eigenvalue weighted by Crippen LogP contribution is 2.37. The molecule has 102 valence electrons. The quantitative estimate of drug-likeness (QED) is 0.589. The fraction of sp³-hybridized carbons (Fsp3) is 0.188. The van der Waals surface area contributed by atoms with Crippen molar-refractivity contribution in [1.29, 1.82) is 0 Å². The van der Waals surface area contributed by atoms with Gasteiger partial charge in [-0.2, -0.15) is 13.2 Å². The molecule has 0 bridgehead atoms. The van der Waals surface area contributed by atoms with Crippen LogP contribution in [0.25, 0.3) is 11.1 Å². The molecule has 0 unspecified atom stereocenters. The standard InChI is InChI=1S/C16H12F3N/c1-20-15(16(17,18)19)11-6-7-14-12(9-11)8-10-4-2-3-5-13(10)14/h2-7,9H,8H2,1H3/b20-15+. The normalized spacial score (nSPS) is 14.1. The van der Waals surface area contributed by atoms with Crippen LogP contribution in [0, 0.1) is 0 Å². The second-order valence-electron chi connectivity index (χ2n) is 4.78. The van der Waals surface area contributed by atoms with Crippen LogP contribution in [-0.2, 0) is 6.42 Å². The molecule has 0 saturated carbocycles. The topological polar surface area (TPSA) is 12.4 Å². The predicted octanol–water partition coefficient (Wildman–Crippen LogP) is 4.24. The zero-order valence-electron chi connectivity index (χ0n) is 10.8. The Morgan fingerprint density at radius 3 is 2.40 bits per heavy atom. The van der Waals surface area contributed by atoms with Crippen LogP contribution < -0.4 is 0 Å². The summed E-state index contributed by atoms with van der Waals surface area (Å²) in [6.07, 6.45) is -3.75. The second kappa shape index (κ2) is 4.47. The van der Waals surface area contributed by atoms with E-state index in [0.717, 1.165) is 22.3 Å². The Hall–Kier alpha value is -2.10. The molecule has 0 aromatic heterocycles. The van der Waals surface area contributed by atoms with Crippen LogP contribution >= 0.6 is 0 Å². The minimum Gasteiger partial charge on any atom is -0.283 e. The van der Waals surface area contributed by atoms with Crippen LogP contribution in [0.3, 0.4) is 0 Å². The summed E-state index contributed by atoms with van der Waals surface area (Å²) in [5.74, 6) is 0. The minimum absolute atomic E-state index is 0.131. The molecule has 0 amide bonds. The van der Waals surface area contributed by atoms with Crippen molar-refractivity contribution in [3.05, 3.63) is 59.2 Å². The molecule has 2 aromatic carbocycles. The molecule has 0 atom stereocenters. The summed E-state index contributed by atoms with van der Waals surface area (Å²) in [6, 6.07) is 12.7. The van der Waals surface area contributed by atoms with Gasteiger partial charge in [0.05, 0.1) is 0 Å². The van der Waals surface area contributed by atoms with Crippen LogP contribution in [0.2, 0.25) is 0 Å². The SMILES string of the molecule is C/N=C(\c1ccc2c(c1)Cc1ccccc1-2)C(F)(F)F. The Balaban J connectivity index is 2.07. The van der Waals surface area contributed by atoms with E-state index in [1.165, 1.54) is 13.1 Å². The molecule has 0 spiro atoms. The van der Waals surface area contributed by atoms with E-state index in [2.05, 4.69) is 4.99 Å². The molecule has 4 heteroatoms. The number of fused-ring (bicyclic) bond motifs is 3. The number of benzene rings is 2. The number of nitrogens with zero attached hydrogens (tertiary/aromatic N) is 1. The molecule has 1 aliphatic rings. The third-order valence-electron chi connectivity index (χ3n) is 3.56. The lowest BCUT2D eigenvalue weighted by Crippen LogP contribution is -2.24. The van der Waals surface area contributed by atoms with Gasteiger partial charge in [0.2, 0.25) is 0 Å². The van der Waals surface area contributed by atoms with E-state index in [9.17, 15) is 13.2 Å². The second-order valence-corrected chi connectivity index (χ2v) is 4.78. The van der Waals surface area contributed by atoms with Crippen molar-refractivity contribution in [3.63, 3.8) is 0 Å². The van der Waals surface area contributed by atoms with E-state index in [-0.39, 0.29) is 5.56 Å². The van der Waals surface area contributed by atoms with Gasteiger partial charge in [-0.3, -0.25) is 4.99 Å². The van der Waals surface area contributed by atoms with Gasteiger partial charge in [-0.1, -0.05) is 36.4 Å². The minimum atomic E-state index is -4.42. The van der Waals surface area contributed by atoms with Crippen molar-refractivity contribution >= 4 is 5.71 Å². The van der Waals surface area contributed by atoms with Crippen LogP contribution in [0.1, 0.15) is 16.7 Å². The van der Waals surface area contributed by atoms with Gasteiger partial charge in [0.1, 0.15) is 5.71 Å². The Morgan fingerprint density at radius 2 is 1.70 bits per heavy atom. The fourth-order valence-electron chi connectivity index (χ4n) is 2.71. The van der Waals surface area contributed by atoms with Crippen LogP contribution in [0.5, 0.6) is 0 Å². The van der Waals surface area contributed by atoms with Gasteiger partial charge in [-0.15, -0.1) is 0 Å². The first kappa shape index (κ1) is 12.9. The largest absolute Gasteiger partial charge is 0.433 e. The lowest BCUT2D eigenvalue weighted by Gasteiger charge is -2.11. The summed E-state index contributed by atoms with van der Waals surface area (Å²) in [6.45, 7) is 0. The molecule has 0 radical (unpaired) electrons. The fourth-order valence-corrected chi connectivity index (χ4v) is 2.71. The molecule has 0 fully saturated rings. The van der Waals surface area contributed by atoms with Gasteiger partial charge >= 0.3 is 6.18 Å². The maximum Gasteiger partial charge on any atom is 0.433 e. The third kappa shape index (κ3) is 2.01. The van der Waals surface area contributed by atoms with Gasteiger partial charge in [-0.05, 0) is 34.7 Å². The summed E-state index contributed by atoms with van der Waals surface area (Å²) in [5.41, 5.74) is 3.51. The summed E-state index contributed by atoms with van der Waals surface area (Å²) < 4.78 is 38.7. The summed E-state index contributed by atoms with van der Waals surface area (Å²) in [4.78, 5) is 3.40. The number of aliphatic imine (C=N–C) groups is 1. The molecule has 0 heterocycles. The van der Waals surface area contributed by atoms with Gasteiger partial charge < -0.3 is 0 Å². The van der Waals surface area contributed by atoms with E-state index in [0.29, 0.717) is 6.42 Å². The lowest BCUT2D eigenvalue weighted by atomic mass is 10.0. The van der Waals surface area contributed by atoms with E-state index >= 15 is 0 Å². The predicted molar refractivity (Wildman–Crippen MR) is 73.2 cm³/mol. The zero-order valence-corrected chi connectivity index (χ0v) is 10.8. The Labute approximate surface area is 114 Å². The molecule has 0 saturated heterocycles. The van der Waals surface area contributed by atoms with Crippen molar-refractivity contribution in [2.24, 2.45) is 4.99 Å². The third-order valence-corrected chi connectivity index (χ3v) is 3.56. The molecule has 1 nitrogen and oxygen atoms in total. The molecular weight excluding hydrogens is 263 g/mol. The summed E-state index contributed by atoms with van der Waals surface area (Å²) in [5, 5.41) is 0. The van der Waals surface area contributed by atoms with E-state index in [4.69, 9.17) is 0 Å². The smallest absolute Gasteiger partial charge is 0.283 e. The first-order valence-electron chi connectivity index (χ1n) is 6.26.